The number of aliphatic imine (C=N–C) groups is 1. The summed E-state index contributed by atoms with van der Waals surface area (Å²) in [6.45, 7) is 6.43. The molecule has 0 radical (unpaired) electrons. The van der Waals surface area contributed by atoms with Crippen molar-refractivity contribution in [1.29, 1.82) is 0 Å². The highest BCUT2D eigenvalue weighted by Gasteiger charge is 1.99. The number of aromatic nitrogens is 1. The molecular weight excluding hydrogens is 411 g/mol. The first kappa shape index (κ1) is 20.4. The second-order valence-electron chi connectivity index (χ2n) is 5.48. The van der Waals surface area contributed by atoms with Gasteiger partial charge in [-0.25, -0.2) is 4.99 Å². The molecule has 1 heterocycles. The van der Waals surface area contributed by atoms with E-state index in [2.05, 4.69) is 57.9 Å². The van der Waals surface area contributed by atoms with Gasteiger partial charge in [-0.3, -0.25) is 4.98 Å². The maximum absolute atomic E-state index is 4.60. The average Bonchev–Trinajstić information content (AvgIpc) is 2.57. The van der Waals surface area contributed by atoms with Gasteiger partial charge in [0, 0.05) is 18.8 Å². The van der Waals surface area contributed by atoms with E-state index in [-0.39, 0.29) is 24.0 Å². The van der Waals surface area contributed by atoms with Gasteiger partial charge in [-0.1, -0.05) is 36.4 Å². The molecular formula is C19H27IN4. The van der Waals surface area contributed by atoms with E-state index < -0.39 is 0 Å². The van der Waals surface area contributed by atoms with Crippen LogP contribution >= 0.6 is 24.0 Å². The van der Waals surface area contributed by atoms with Crippen LogP contribution in [0.15, 0.2) is 53.5 Å². The summed E-state index contributed by atoms with van der Waals surface area (Å²) in [6, 6.07) is 16.6. The van der Waals surface area contributed by atoms with Gasteiger partial charge in [-0.05, 0) is 44.4 Å². The summed E-state index contributed by atoms with van der Waals surface area (Å²) >= 11 is 0. The van der Waals surface area contributed by atoms with Crippen molar-refractivity contribution < 1.29 is 0 Å². The zero-order valence-electron chi connectivity index (χ0n) is 14.5. The van der Waals surface area contributed by atoms with Crippen LogP contribution < -0.4 is 10.6 Å². The molecule has 0 aliphatic carbocycles. The summed E-state index contributed by atoms with van der Waals surface area (Å²) in [7, 11) is 0. The van der Waals surface area contributed by atoms with E-state index in [9.17, 15) is 0 Å². The van der Waals surface area contributed by atoms with Crippen LogP contribution in [0.2, 0.25) is 0 Å². The molecule has 24 heavy (non-hydrogen) atoms. The van der Waals surface area contributed by atoms with Gasteiger partial charge in [0.2, 0.25) is 0 Å². The molecule has 5 heteroatoms. The minimum atomic E-state index is 0. The second-order valence-corrected chi connectivity index (χ2v) is 5.48. The van der Waals surface area contributed by atoms with E-state index in [0.29, 0.717) is 6.54 Å². The highest BCUT2D eigenvalue weighted by Crippen LogP contribution is 2.02. The van der Waals surface area contributed by atoms with Crippen molar-refractivity contribution in [3.8, 4) is 0 Å². The first-order valence-corrected chi connectivity index (χ1v) is 8.26. The number of benzene rings is 1. The Kier molecular flexibility index (Phi) is 10.1. The van der Waals surface area contributed by atoms with Gasteiger partial charge in [0.05, 0.1) is 12.2 Å². The highest BCUT2D eigenvalue weighted by molar-refractivity contribution is 14.0. The Bertz CT molecular complexity index is 614. The number of rotatable bonds is 7. The van der Waals surface area contributed by atoms with Gasteiger partial charge in [0.1, 0.15) is 0 Å². The Morgan fingerprint density at radius 2 is 1.83 bits per heavy atom. The summed E-state index contributed by atoms with van der Waals surface area (Å²) in [5, 5.41) is 6.66. The Morgan fingerprint density at radius 3 is 2.54 bits per heavy atom. The molecule has 0 fully saturated rings. The molecule has 1 aromatic heterocycles. The minimum Gasteiger partial charge on any atom is -0.357 e. The van der Waals surface area contributed by atoms with Crippen LogP contribution in [0.4, 0.5) is 0 Å². The molecule has 1 aromatic carbocycles. The van der Waals surface area contributed by atoms with Gasteiger partial charge in [0.15, 0.2) is 5.96 Å². The van der Waals surface area contributed by atoms with Crippen LogP contribution in [-0.4, -0.2) is 24.0 Å². The second kappa shape index (κ2) is 11.8. The molecule has 0 saturated heterocycles. The molecule has 2 rings (SSSR count). The summed E-state index contributed by atoms with van der Waals surface area (Å²) in [6.07, 6.45) is 2.16. The van der Waals surface area contributed by atoms with Crippen molar-refractivity contribution in [3.63, 3.8) is 0 Å². The maximum Gasteiger partial charge on any atom is 0.191 e. The van der Waals surface area contributed by atoms with Crippen molar-refractivity contribution in [1.82, 2.24) is 15.6 Å². The highest BCUT2D eigenvalue weighted by atomic mass is 127. The van der Waals surface area contributed by atoms with E-state index in [4.69, 9.17) is 0 Å². The SMILES string of the molecule is CCNC(=NCc1cccc(C)n1)NCCCc1ccccc1.I. The van der Waals surface area contributed by atoms with E-state index in [0.717, 1.165) is 43.3 Å². The number of aryl methyl sites for hydroxylation is 2. The van der Waals surface area contributed by atoms with Crippen molar-refractivity contribution in [2.24, 2.45) is 4.99 Å². The molecule has 0 aliphatic rings. The zero-order chi connectivity index (χ0) is 16.3. The molecule has 130 valence electrons. The van der Waals surface area contributed by atoms with Crippen molar-refractivity contribution in [2.45, 2.75) is 33.2 Å². The van der Waals surface area contributed by atoms with Crippen LogP contribution in [0.5, 0.6) is 0 Å². The quantitative estimate of drug-likeness (QED) is 0.300. The predicted octanol–water partition coefficient (Wildman–Crippen LogP) is 3.70. The Morgan fingerprint density at radius 1 is 1.04 bits per heavy atom. The topological polar surface area (TPSA) is 49.3 Å². The molecule has 0 saturated carbocycles. The first-order chi connectivity index (χ1) is 11.3. The minimum absolute atomic E-state index is 0. The number of pyridine rings is 1. The van der Waals surface area contributed by atoms with Crippen molar-refractivity contribution >= 4 is 29.9 Å². The van der Waals surface area contributed by atoms with E-state index >= 15 is 0 Å². The Balaban J connectivity index is 0.00000288. The number of guanidine groups is 1. The summed E-state index contributed by atoms with van der Waals surface area (Å²) < 4.78 is 0. The summed E-state index contributed by atoms with van der Waals surface area (Å²) in [5.41, 5.74) is 3.39. The zero-order valence-corrected chi connectivity index (χ0v) is 16.8. The van der Waals surface area contributed by atoms with Crippen molar-refractivity contribution in [3.05, 3.63) is 65.5 Å². The molecule has 0 aliphatic heterocycles. The smallest absolute Gasteiger partial charge is 0.191 e. The third kappa shape index (κ3) is 7.77. The van der Waals surface area contributed by atoms with Crippen LogP contribution in [0, 0.1) is 6.92 Å². The van der Waals surface area contributed by atoms with Gasteiger partial charge in [-0.2, -0.15) is 0 Å². The van der Waals surface area contributed by atoms with Gasteiger partial charge < -0.3 is 10.6 Å². The van der Waals surface area contributed by atoms with Crippen LogP contribution in [0.3, 0.4) is 0 Å². The summed E-state index contributed by atoms with van der Waals surface area (Å²) in [5.74, 6) is 0.851. The average molecular weight is 438 g/mol. The monoisotopic (exact) mass is 438 g/mol. The number of nitrogens with one attached hydrogen (secondary N) is 2. The lowest BCUT2D eigenvalue weighted by molar-refractivity contribution is 0.742. The number of nitrogens with zero attached hydrogens (tertiary/aromatic N) is 2. The predicted molar refractivity (Wildman–Crippen MR) is 112 cm³/mol. The number of halogens is 1. The third-order valence-electron chi connectivity index (χ3n) is 3.47. The Hall–Kier alpha value is -1.63. The summed E-state index contributed by atoms with van der Waals surface area (Å²) in [4.78, 5) is 9.08. The van der Waals surface area contributed by atoms with Crippen LogP contribution in [0.25, 0.3) is 0 Å². The van der Waals surface area contributed by atoms with Gasteiger partial charge >= 0.3 is 0 Å². The number of hydrogen-bond acceptors (Lipinski definition) is 2. The molecule has 0 unspecified atom stereocenters. The molecule has 0 spiro atoms. The molecule has 0 bridgehead atoms. The molecule has 2 aromatic rings. The molecule has 4 nitrogen and oxygen atoms in total. The standard InChI is InChI=1S/C19H26N4.HI/c1-3-20-19(22-15-18-13-7-9-16(2)23-18)21-14-8-12-17-10-5-4-6-11-17;/h4-7,9-11,13H,3,8,12,14-15H2,1-2H3,(H2,20,21,22);1H. The third-order valence-corrected chi connectivity index (χ3v) is 3.47. The van der Waals surface area contributed by atoms with E-state index in [1.165, 1.54) is 5.56 Å². The fraction of sp³-hybridized carbons (Fsp3) is 0.368. The van der Waals surface area contributed by atoms with Crippen LogP contribution in [0.1, 0.15) is 30.3 Å². The normalized spacial score (nSPS) is 10.8. The van der Waals surface area contributed by atoms with E-state index in [1.54, 1.807) is 0 Å². The number of hydrogen-bond donors (Lipinski definition) is 2. The first-order valence-electron chi connectivity index (χ1n) is 8.26. The maximum atomic E-state index is 4.60. The van der Waals surface area contributed by atoms with Gasteiger partial charge in [0.25, 0.3) is 0 Å². The Labute approximate surface area is 162 Å². The lowest BCUT2D eigenvalue weighted by Crippen LogP contribution is -2.37. The lowest BCUT2D eigenvalue weighted by Gasteiger charge is -2.11. The molecule has 0 atom stereocenters. The van der Waals surface area contributed by atoms with Crippen LogP contribution in [-0.2, 0) is 13.0 Å². The fourth-order valence-electron chi connectivity index (χ4n) is 2.33. The fourth-order valence-corrected chi connectivity index (χ4v) is 2.33. The van der Waals surface area contributed by atoms with Crippen molar-refractivity contribution in [2.75, 3.05) is 13.1 Å². The lowest BCUT2D eigenvalue weighted by atomic mass is 10.1. The molecule has 2 N–H and O–H groups in total. The largest absolute Gasteiger partial charge is 0.357 e. The van der Waals surface area contributed by atoms with Gasteiger partial charge in [-0.15, -0.1) is 24.0 Å². The molecule has 0 amide bonds. The van der Waals surface area contributed by atoms with E-state index in [1.807, 2.05) is 25.1 Å².